The van der Waals surface area contributed by atoms with E-state index in [1.54, 1.807) is 0 Å². The van der Waals surface area contributed by atoms with E-state index in [1.165, 1.54) is 64.6 Å². The van der Waals surface area contributed by atoms with E-state index >= 15 is 0 Å². The van der Waals surface area contributed by atoms with Gasteiger partial charge in [-0.15, -0.1) is 0 Å². The molecule has 10 aromatic carbocycles. The highest BCUT2D eigenvalue weighted by molar-refractivity contribution is 6.27. The number of benzene rings is 10. The first kappa shape index (κ1) is 29.3. The van der Waals surface area contributed by atoms with E-state index in [4.69, 9.17) is 18.8 Å². The van der Waals surface area contributed by atoms with Gasteiger partial charge in [0.2, 0.25) is 11.8 Å². The molecule has 2 heterocycles. The molecule has 0 bridgehead atoms. The predicted molar refractivity (Wildman–Crippen MR) is 223 cm³/mol. The number of hydrogen-bond donors (Lipinski definition) is 0. The largest absolute Gasteiger partial charge is 0.436 e. The lowest BCUT2D eigenvalue weighted by molar-refractivity contribution is 0.614. The summed E-state index contributed by atoms with van der Waals surface area (Å²) in [6, 6.07) is 60.0. The quantitative estimate of drug-likeness (QED) is 0.173. The van der Waals surface area contributed by atoms with Crippen molar-refractivity contribution in [3.8, 4) is 34.0 Å². The Bertz CT molecular complexity index is 3290. The molecule has 0 aliphatic carbocycles. The Labute approximate surface area is 308 Å². The van der Waals surface area contributed by atoms with Crippen LogP contribution in [0, 0.1) is 0 Å². The van der Waals surface area contributed by atoms with Gasteiger partial charge in [0.1, 0.15) is 11.0 Å². The first-order chi connectivity index (χ1) is 26.7. The zero-order valence-electron chi connectivity index (χ0n) is 28.9. The van der Waals surface area contributed by atoms with Gasteiger partial charge >= 0.3 is 0 Å². The molecule has 0 N–H and O–H groups in total. The molecule has 0 aliphatic heterocycles. The lowest BCUT2D eigenvalue weighted by Gasteiger charge is -2.12. The minimum Gasteiger partial charge on any atom is -0.436 e. The molecule has 250 valence electrons. The number of oxazole rings is 2. The highest BCUT2D eigenvalue weighted by Crippen LogP contribution is 2.40. The van der Waals surface area contributed by atoms with Crippen molar-refractivity contribution in [3.05, 3.63) is 170 Å². The van der Waals surface area contributed by atoms with Crippen molar-refractivity contribution in [2.75, 3.05) is 0 Å². The zero-order chi connectivity index (χ0) is 35.3. The average Bonchev–Trinajstić information content (AvgIpc) is 3.88. The van der Waals surface area contributed by atoms with Gasteiger partial charge in [-0.2, -0.15) is 0 Å². The van der Waals surface area contributed by atoms with Gasteiger partial charge in [-0.25, -0.2) is 9.97 Å². The Morgan fingerprint density at radius 3 is 1.02 bits per heavy atom. The van der Waals surface area contributed by atoms with Gasteiger partial charge in [-0.05, 0) is 124 Å². The van der Waals surface area contributed by atoms with Crippen molar-refractivity contribution in [1.29, 1.82) is 0 Å². The monoisotopic (exact) mass is 688 g/mol. The third kappa shape index (κ3) is 4.31. The van der Waals surface area contributed by atoms with Gasteiger partial charge < -0.3 is 8.83 Å². The van der Waals surface area contributed by atoms with Crippen LogP contribution in [0.2, 0.25) is 0 Å². The van der Waals surface area contributed by atoms with Gasteiger partial charge in [0.15, 0.2) is 11.2 Å². The predicted octanol–water partition coefficient (Wildman–Crippen LogP) is 13.9. The Morgan fingerprint density at radius 1 is 0.259 bits per heavy atom. The molecule has 4 heteroatoms. The van der Waals surface area contributed by atoms with Crippen LogP contribution in [0.1, 0.15) is 0 Å². The number of rotatable bonds is 3. The van der Waals surface area contributed by atoms with Crippen molar-refractivity contribution < 1.29 is 8.83 Å². The standard InChI is InChI=1S/C50H28N2O2/c1-3-13-37-33(9-1)35-11-5-7-15-39(35)43-25-29(17-21-41(37)43)30-19-23-45-47(27-30)53-50(52-45)32-20-24-46-48(28-32)54-49(51-46)31-18-22-42-38-14-4-2-10-34(38)36-12-6-8-16-40(36)44(42)26-31/h1-28H. The topological polar surface area (TPSA) is 52.1 Å². The molecule has 0 unspecified atom stereocenters. The maximum Gasteiger partial charge on any atom is 0.227 e. The lowest BCUT2D eigenvalue weighted by Crippen LogP contribution is -1.85. The Kier molecular flexibility index (Phi) is 6.02. The second kappa shape index (κ2) is 11.1. The summed E-state index contributed by atoms with van der Waals surface area (Å²) in [6.07, 6.45) is 0. The van der Waals surface area contributed by atoms with Crippen molar-refractivity contribution in [3.63, 3.8) is 0 Å². The van der Waals surface area contributed by atoms with Crippen LogP contribution in [0.3, 0.4) is 0 Å². The van der Waals surface area contributed by atoms with E-state index in [1.807, 2.05) is 24.3 Å². The molecule has 0 atom stereocenters. The zero-order valence-corrected chi connectivity index (χ0v) is 28.9. The van der Waals surface area contributed by atoms with Gasteiger partial charge in [-0.3, -0.25) is 0 Å². The molecule has 54 heavy (non-hydrogen) atoms. The fourth-order valence-electron chi connectivity index (χ4n) is 8.54. The third-order valence-corrected chi connectivity index (χ3v) is 11.1. The molecule has 0 fully saturated rings. The van der Waals surface area contributed by atoms with Crippen LogP contribution in [0.5, 0.6) is 0 Å². The first-order valence-corrected chi connectivity index (χ1v) is 18.2. The molecular formula is C50H28N2O2. The molecule has 4 nitrogen and oxygen atoms in total. The molecule has 0 saturated carbocycles. The molecule has 0 radical (unpaired) electrons. The van der Waals surface area contributed by atoms with Gasteiger partial charge in [-0.1, -0.05) is 121 Å². The van der Waals surface area contributed by atoms with Crippen LogP contribution in [-0.2, 0) is 0 Å². The van der Waals surface area contributed by atoms with Gasteiger partial charge in [0, 0.05) is 11.1 Å². The van der Waals surface area contributed by atoms with Crippen molar-refractivity contribution in [2.45, 2.75) is 0 Å². The summed E-state index contributed by atoms with van der Waals surface area (Å²) < 4.78 is 12.9. The normalized spacial score (nSPS) is 12.1. The molecule has 0 amide bonds. The Hall–Kier alpha value is -7.30. The maximum atomic E-state index is 6.43. The van der Waals surface area contributed by atoms with E-state index < -0.39 is 0 Å². The van der Waals surface area contributed by atoms with Crippen LogP contribution in [0.25, 0.3) is 121 Å². The van der Waals surface area contributed by atoms with Crippen LogP contribution in [-0.4, -0.2) is 9.97 Å². The van der Waals surface area contributed by atoms with Crippen LogP contribution in [0.15, 0.2) is 179 Å². The summed E-state index contributed by atoms with van der Waals surface area (Å²) in [7, 11) is 0. The molecule has 0 saturated heterocycles. The SMILES string of the molecule is c1ccc2c(c1)c1ccccc1c1cc(-c3ccc4nc(-c5ccc6nc(-c7ccc8c9ccccc9c9ccccc9c8c7)oc6c5)oc4c3)ccc21. The fourth-order valence-corrected chi connectivity index (χ4v) is 8.54. The molecule has 2 aromatic heterocycles. The highest BCUT2D eigenvalue weighted by Gasteiger charge is 2.16. The van der Waals surface area contributed by atoms with Crippen molar-refractivity contribution in [2.24, 2.45) is 0 Å². The van der Waals surface area contributed by atoms with E-state index in [-0.39, 0.29) is 0 Å². The van der Waals surface area contributed by atoms with Crippen LogP contribution < -0.4 is 0 Å². The molecule has 12 rings (SSSR count). The fraction of sp³-hybridized carbons (Fsp3) is 0. The summed E-state index contributed by atoms with van der Waals surface area (Å²) in [5, 5.41) is 14.9. The number of nitrogens with zero attached hydrogens (tertiary/aromatic N) is 2. The minimum absolute atomic E-state index is 0.544. The summed E-state index contributed by atoms with van der Waals surface area (Å²) in [4.78, 5) is 9.77. The smallest absolute Gasteiger partial charge is 0.227 e. The number of hydrogen-bond acceptors (Lipinski definition) is 4. The molecular weight excluding hydrogens is 661 g/mol. The van der Waals surface area contributed by atoms with Crippen LogP contribution in [0.4, 0.5) is 0 Å². The number of fused-ring (bicyclic) bond motifs is 14. The average molecular weight is 689 g/mol. The first-order valence-electron chi connectivity index (χ1n) is 18.2. The summed E-state index contributed by atoms with van der Waals surface area (Å²) in [6.45, 7) is 0. The minimum atomic E-state index is 0.544. The second-order valence-electron chi connectivity index (χ2n) is 14.1. The van der Waals surface area contributed by atoms with Crippen molar-refractivity contribution >= 4 is 86.8 Å². The van der Waals surface area contributed by atoms with Gasteiger partial charge in [0.05, 0.1) is 0 Å². The Balaban J connectivity index is 0.920. The lowest BCUT2D eigenvalue weighted by atomic mass is 9.92. The van der Waals surface area contributed by atoms with E-state index in [9.17, 15) is 0 Å². The summed E-state index contributed by atoms with van der Waals surface area (Å²) in [5.74, 6) is 1.13. The summed E-state index contributed by atoms with van der Waals surface area (Å²) in [5.41, 5.74) is 6.99. The second-order valence-corrected chi connectivity index (χ2v) is 14.1. The highest BCUT2D eigenvalue weighted by atomic mass is 16.4. The molecule has 0 aliphatic rings. The van der Waals surface area contributed by atoms with E-state index in [2.05, 4.69) is 146 Å². The molecule has 0 spiro atoms. The van der Waals surface area contributed by atoms with Crippen molar-refractivity contribution in [1.82, 2.24) is 9.97 Å². The summed E-state index contributed by atoms with van der Waals surface area (Å²) >= 11 is 0. The number of aromatic nitrogens is 2. The third-order valence-electron chi connectivity index (χ3n) is 11.1. The Morgan fingerprint density at radius 2 is 0.556 bits per heavy atom. The van der Waals surface area contributed by atoms with Crippen LogP contribution >= 0.6 is 0 Å². The van der Waals surface area contributed by atoms with E-state index in [0.717, 1.165) is 38.9 Å². The van der Waals surface area contributed by atoms with E-state index in [0.29, 0.717) is 17.4 Å². The molecule has 12 aromatic rings. The maximum absolute atomic E-state index is 6.43. The van der Waals surface area contributed by atoms with Gasteiger partial charge in [0.25, 0.3) is 0 Å².